The van der Waals surface area contributed by atoms with E-state index in [1.54, 1.807) is 6.33 Å². The summed E-state index contributed by atoms with van der Waals surface area (Å²) >= 11 is 0. The smallest absolute Gasteiger partial charge is 0.214 e. The number of aromatic nitrogens is 3. The Morgan fingerprint density at radius 3 is 3.05 bits per heavy atom. The quantitative estimate of drug-likeness (QED) is 0.900. The van der Waals surface area contributed by atoms with Crippen LogP contribution in [0.4, 0.5) is 0 Å². The minimum Gasteiger partial charge on any atom is -0.444 e. The van der Waals surface area contributed by atoms with Crippen molar-refractivity contribution >= 4 is 0 Å². The maximum Gasteiger partial charge on any atom is 0.214 e. The van der Waals surface area contributed by atoms with Crippen LogP contribution in [0.15, 0.2) is 16.9 Å². The zero-order chi connectivity index (χ0) is 13.2. The lowest BCUT2D eigenvalue weighted by atomic mass is 10.2. The van der Waals surface area contributed by atoms with Crippen molar-refractivity contribution < 1.29 is 9.15 Å². The zero-order valence-corrected chi connectivity index (χ0v) is 11.2. The predicted octanol–water partition coefficient (Wildman–Crippen LogP) is 1.20. The van der Waals surface area contributed by atoms with Gasteiger partial charge in [-0.1, -0.05) is 0 Å². The number of nitrogens with zero attached hydrogens (tertiary/aromatic N) is 3. The highest BCUT2D eigenvalue weighted by Crippen LogP contribution is 2.19. The predicted molar refractivity (Wildman–Crippen MR) is 68.9 cm³/mol. The topological polar surface area (TPSA) is 65.1 Å². The Balaban J connectivity index is 1.79. The Morgan fingerprint density at radius 1 is 1.47 bits per heavy atom. The lowest BCUT2D eigenvalue weighted by molar-refractivity contribution is 0.0229. The van der Waals surface area contributed by atoms with Crippen molar-refractivity contribution in [2.24, 2.45) is 0 Å². The standard InChI is InChI=1S/C13H18N4O2/c1-9-10(2)19-13(16-9)7-17-8-15-5-11(17)12-6-14-3-4-18-12/h5,8,12,14H,3-4,6-7H2,1-2H3. The first kappa shape index (κ1) is 12.4. The summed E-state index contributed by atoms with van der Waals surface area (Å²) in [4.78, 5) is 8.61. The fourth-order valence-corrected chi connectivity index (χ4v) is 2.24. The fourth-order valence-electron chi connectivity index (χ4n) is 2.24. The van der Waals surface area contributed by atoms with E-state index in [1.165, 1.54) is 0 Å². The molecule has 1 fully saturated rings. The van der Waals surface area contributed by atoms with Crippen LogP contribution in [0.2, 0.25) is 0 Å². The van der Waals surface area contributed by atoms with Crippen molar-refractivity contribution in [2.75, 3.05) is 19.7 Å². The van der Waals surface area contributed by atoms with Crippen LogP contribution >= 0.6 is 0 Å². The molecule has 1 unspecified atom stereocenters. The molecule has 19 heavy (non-hydrogen) atoms. The maximum atomic E-state index is 5.76. The molecule has 0 spiro atoms. The van der Waals surface area contributed by atoms with Gasteiger partial charge in [-0.2, -0.15) is 0 Å². The van der Waals surface area contributed by atoms with Crippen LogP contribution in [0.3, 0.4) is 0 Å². The van der Waals surface area contributed by atoms with E-state index >= 15 is 0 Å². The summed E-state index contributed by atoms with van der Waals surface area (Å²) in [5.41, 5.74) is 1.99. The second-order valence-electron chi connectivity index (χ2n) is 4.76. The largest absolute Gasteiger partial charge is 0.444 e. The van der Waals surface area contributed by atoms with Crippen molar-refractivity contribution in [1.82, 2.24) is 19.9 Å². The van der Waals surface area contributed by atoms with E-state index in [9.17, 15) is 0 Å². The summed E-state index contributed by atoms with van der Waals surface area (Å²) in [6.07, 6.45) is 3.69. The van der Waals surface area contributed by atoms with Crippen LogP contribution < -0.4 is 5.32 Å². The summed E-state index contributed by atoms with van der Waals surface area (Å²) in [6, 6.07) is 0. The van der Waals surface area contributed by atoms with Gasteiger partial charge in [-0.15, -0.1) is 0 Å². The van der Waals surface area contributed by atoms with Crippen LogP contribution in [0.1, 0.15) is 29.1 Å². The van der Waals surface area contributed by atoms with E-state index in [-0.39, 0.29) is 6.10 Å². The molecule has 102 valence electrons. The van der Waals surface area contributed by atoms with E-state index in [0.717, 1.165) is 36.8 Å². The summed E-state index contributed by atoms with van der Waals surface area (Å²) in [6.45, 7) is 6.91. The van der Waals surface area contributed by atoms with E-state index in [0.29, 0.717) is 12.4 Å². The van der Waals surface area contributed by atoms with Gasteiger partial charge in [0.2, 0.25) is 5.89 Å². The first-order valence-electron chi connectivity index (χ1n) is 6.49. The second kappa shape index (κ2) is 5.14. The van der Waals surface area contributed by atoms with Gasteiger partial charge in [0.15, 0.2) is 0 Å². The van der Waals surface area contributed by atoms with Gasteiger partial charge >= 0.3 is 0 Å². The SMILES string of the molecule is Cc1nc(Cn2cncc2C2CNCCO2)oc1C. The van der Waals surface area contributed by atoms with Crippen LogP contribution in [0, 0.1) is 13.8 Å². The van der Waals surface area contributed by atoms with E-state index in [2.05, 4.69) is 15.3 Å². The number of imidazole rings is 1. The first-order chi connectivity index (χ1) is 9.24. The molecule has 1 saturated heterocycles. The molecule has 0 radical (unpaired) electrons. The molecule has 0 bridgehead atoms. The second-order valence-corrected chi connectivity index (χ2v) is 4.76. The van der Waals surface area contributed by atoms with E-state index in [1.807, 2.05) is 24.6 Å². The van der Waals surface area contributed by atoms with E-state index < -0.39 is 0 Å². The molecule has 1 aliphatic heterocycles. The van der Waals surface area contributed by atoms with Gasteiger partial charge in [0.25, 0.3) is 0 Å². The fraction of sp³-hybridized carbons (Fsp3) is 0.538. The van der Waals surface area contributed by atoms with Crippen LogP contribution in [0.5, 0.6) is 0 Å². The Hall–Kier alpha value is -1.66. The first-order valence-corrected chi connectivity index (χ1v) is 6.49. The van der Waals surface area contributed by atoms with Crippen LogP contribution in [-0.2, 0) is 11.3 Å². The molecule has 6 heteroatoms. The summed E-state index contributed by atoms with van der Waals surface area (Å²) in [5, 5.41) is 3.32. The number of morpholine rings is 1. The Bertz CT molecular complexity index is 535. The van der Waals surface area contributed by atoms with E-state index in [4.69, 9.17) is 9.15 Å². The third-order valence-electron chi connectivity index (χ3n) is 3.38. The highest BCUT2D eigenvalue weighted by atomic mass is 16.5. The molecule has 3 heterocycles. The zero-order valence-electron chi connectivity index (χ0n) is 11.2. The summed E-state index contributed by atoms with van der Waals surface area (Å²) in [5.74, 6) is 1.57. The lowest BCUT2D eigenvalue weighted by Crippen LogP contribution is -2.34. The Labute approximate surface area is 111 Å². The average molecular weight is 262 g/mol. The Morgan fingerprint density at radius 2 is 2.37 bits per heavy atom. The number of ether oxygens (including phenoxy) is 1. The molecule has 0 saturated carbocycles. The normalized spacial score (nSPS) is 19.8. The van der Waals surface area contributed by atoms with Crippen molar-refractivity contribution in [3.05, 3.63) is 35.6 Å². The average Bonchev–Trinajstić information content (AvgIpc) is 2.99. The molecular weight excluding hydrogens is 244 g/mol. The third kappa shape index (κ3) is 2.54. The molecule has 0 aliphatic carbocycles. The highest BCUT2D eigenvalue weighted by Gasteiger charge is 2.20. The number of hydrogen-bond acceptors (Lipinski definition) is 5. The molecule has 2 aromatic rings. The molecule has 1 atom stereocenters. The van der Waals surface area contributed by atoms with Gasteiger partial charge in [0.05, 0.1) is 30.5 Å². The molecular formula is C13H18N4O2. The minimum absolute atomic E-state index is 0.0495. The third-order valence-corrected chi connectivity index (χ3v) is 3.38. The molecule has 2 aromatic heterocycles. The lowest BCUT2D eigenvalue weighted by Gasteiger charge is -2.24. The summed E-state index contributed by atoms with van der Waals surface area (Å²) in [7, 11) is 0. The number of rotatable bonds is 3. The molecule has 0 aromatic carbocycles. The monoisotopic (exact) mass is 262 g/mol. The van der Waals surface area contributed by atoms with Crippen molar-refractivity contribution in [2.45, 2.75) is 26.5 Å². The molecule has 1 aliphatic rings. The van der Waals surface area contributed by atoms with Gasteiger partial charge in [-0.25, -0.2) is 9.97 Å². The van der Waals surface area contributed by atoms with Crippen LogP contribution in [-0.4, -0.2) is 34.2 Å². The van der Waals surface area contributed by atoms with Crippen molar-refractivity contribution in [3.8, 4) is 0 Å². The number of aryl methyl sites for hydroxylation is 2. The van der Waals surface area contributed by atoms with Gasteiger partial charge < -0.3 is 19.0 Å². The van der Waals surface area contributed by atoms with Gasteiger partial charge in [0, 0.05) is 13.1 Å². The molecule has 1 N–H and O–H groups in total. The number of nitrogens with one attached hydrogen (secondary N) is 1. The van der Waals surface area contributed by atoms with Crippen LogP contribution in [0.25, 0.3) is 0 Å². The van der Waals surface area contributed by atoms with Crippen molar-refractivity contribution in [3.63, 3.8) is 0 Å². The van der Waals surface area contributed by atoms with Crippen molar-refractivity contribution in [1.29, 1.82) is 0 Å². The highest BCUT2D eigenvalue weighted by molar-refractivity contribution is 5.09. The molecule has 0 amide bonds. The Kier molecular flexibility index (Phi) is 3.35. The van der Waals surface area contributed by atoms with Gasteiger partial charge in [-0.3, -0.25) is 0 Å². The number of hydrogen-bond donors (Lipinski definition) is 1. The number of oxazole rings is 1. The summed E-state index contributed by atoms with van der Waals surface area (Å²) < 4.78 is 13.4. The minimum atomic E-state index is 0.0495. The van der Waals surface area contributed by atoms with Gasteiger partial charge in [-0.05, 0) is 13.8 Å². The molecule has 6 nitrogen and oxygen atoms in total. The maximum absolute atomic E-state index is 5.76. The van der Waals surface area contributed by atoms with Gasteiger partial charge in [0.1, 0.15) is 18.4 Å². The molecule has 3 rings (SSSR count).